The molecule has 1 aromatic heterocycles. The second-order valence-electron chi connectivity index (χ2n) is 9.99. The molecule has 1 aliphatic carbocycles. The molecule has 0 unspecified atom stereocenters. The van der Waals surface area contributed by atoms with Crippen LogP contribution in [0.5, 0.6) is 5.75 Å². The van der Waals surface area contributed by atoms with E-state index in [1.54, 1.807) is 20.1 Å². The van der Waals surface area contributed by atoms with Gasteiger partial charge in [0.1, 0.15) is 35.4 Å². The zero-order valence-electron chi connectivity index (χ0n) is 22.0. The molecule has 0 atom stereocenters. The van der Waals surface area contributed by atoms with Crippen LogP contribution in [0.15, 0.2) is 30.3 Å². The van der Waals surface area contributed by atoms with Gasteiger partial charge in [0.2, 0.25) is 0 Å². The highest BCUT2D eigenvalue weighted by molar-refractivity contribution is 5.91. The average Bonchev–Trinajstić information content (AvgIpc) is 2.81. The van der Waals surface area contributed by atoms with Gasteiger partial charge in [-0.3, -0.25) is 0 Å². The molecule has 0 aliphatic heterocycles. The van der Waals surface area contributed by atoms with Gasteiger partial charge < -0.3 is 19.9 Å². The fraction of sp³-hybridized carbons (Fsp3) is 0.448. The number of benzene rings is 2. The van der Waals surface area contributed by atoms with Crippen LogP contribution in [0.4, 0.5) is 19.0 Å². The maximum Gasteiger partial charge on any atom is 0.303 e. The molecule has 2 aromatic carbocycles. The number of alkyl halides is 2. The third kappa shape index (κ3) is 5.87. The average molecular weight is 528 g/mol. The first-order chi connectivity index (χ1) is 18.0. The number of aliphatic hydroxyl groups is 1. The van der Waals surface area contributed by atoms with Gasteiger partial charge in [-0.25, -0.2) is 14.4 Å². The van der Waals surface area contributed by atoms with Crippen molar-refractivity contribution < 1.29 is 27.8 Å². The van der Waals surface area contributed by atoms with Gasteiger partial charge in [-0.2, -0.15) is 8.78 Å². The van der Waals surface area contributed by atoms with E-state index in [9.17, 15) is 13.9 Å². The molecule has 3 aromatic rings. The van der Waals surface area contributed by atoms with Gasteiger partial charge in [0, 0.05) is 30.5 Å². The highest BCUT2D eigenvalue weighted by Gasteiger charge is 2.49. The summed E-state index contributed by atoms with van der Waals surface area (Å²) in [5.74, 6) is 3.49. The lowest BCUT2D eigenvalue weighted by Crippen LogP contribution is -2.41. The Balaban J connectivity index is 1.68. The van der Waals surface area contributed by atoms with E-state index in [1.807, 2.05) is 6.07 Å². The molecule has 0 saturated heterocycles. The number of nitrogens with one attached hydrogen (secondary N) is 1. The van der Waals surface area contributed by atoms with Crippen molar-refractivity contribution in [1.82, 2.24) is 9.97 Å². The second-order valence-corrected chi connectivity index (χ2v) is 9.99. The number of fused-ring (bicyclic) bond motifs is 1. The molecule has 1 fully saturated rings. The molecule has 0 amide bonds. The van der Waals surface area contributed by atoms with Crippen LogP contribution < -0.4 is 10.1 Å². The van der Waals surface area contributed by atoms with Crippen LogP contribution in [-0.2, 0) is 17.2 Å². The Kier molecular flexibility index (Phi) is 8.14. The number of hydrogen-bond acceptors (Lipinski definition) is 6. The highest BCUT2D eigenvalue weighted by atomic mass is 19.3. The van der Waals surface area contributed by atoms with Crippen LogP contribution in [0.25, 0.3) is 10.9 Å². The first-order valence-electron chi connectivity index (χ1n) is 12.6. The van der Waals surface area contributed by atoms with E-state index >= 15 is 4.39 Å². The summed E-state index contributed by atoms with van der Waals surface area (Å²) in [6.07, 6.45) is 3.37. The van der Waals surface area contributed by atoms with Gasteiger partial charge in [-0.05, 0) is 51.8 Å². The van der Waals surface area contributed by atoms with Gasteiger partial charge in [-0.15, -0.1) is 0 Å². The summed E-state index contributed by atoms with van der Waals surface area (Å²) in [6.45, 7) is 4.24. The monoisotopic (exact) mass is 527 g/mol. The number of aromatic nitrogens is 2. The largest absolute Gasteiger partial charge is 0.490 e. The van der Waals surface area contributed by atoms with Gasteiger partial charge in [0.05, 0.1) is 23.3 Å². The number of halogens is 3. The summed E-state index contributed by atoms with van der Waals surface area (Å²) < 4.78 is 55.6. The van der Waals surface area contributed by atoms with Crippen LogP contribution in [0, 0.1) is 30.5 Å². The molecular weight excluding hydrogens is 495 g/mol. The Bertz CT molecular complexity index is 1370. The third-order valence-electron chi connectivity index (χ3n) is 6.60. The first-order valence-corrected chi connectivity index (χ1v) is 12.6. The predicted octanol–water partition coefficient (Wildman–Crippen LogP) is 5.73. The highest BCUT2D eigenvalue weighted by Crippen LogP contribution is 2.40. The first kappa shape index (κ1) is 27.7. The maximum atomic E-state index is 15.2. The van der Waals surface area contributed by atoms with E-state index < -0.39 is 22.9 Å². The Morgan fingerprint density at radius 1 is 1.16 bits per heavy atom. The van der Waals surface area contributed by atoms with Crippen LogP contribution in [-0.4, -0.2) is 41.0 Å². The number of nitrogens with zero attached hydrogens (tertiary/aromatic N) is 2. The molecule has 202 valence electrons. The van der Waals surface area contributed by atoms with E-state index in [1.165, 1.54) is 18.6 Å². The minimum Gasteiger partial charge on any atom is -0.490 e. The van der Waals surface area contributed by atoms with E-state index in [0.29, 0.717) is 53.0 Å². The van der Waals surface area contributed by atoms with E-state index in [2.05, 4.69) is 27.1 Å². The Labute approximate surface area is 220 Å². The van der Waals surface area contributed by atoms with Crippen molar-refractivity contribution in [2.24, 2.45) is 5.92 Å². The summed E-state index contributed by atoms with van der Waals surface area (Å²) in [5, 5.41) is 13.6. The summed E-state index contributed by atoms with van der Waals surface area (Å²) in [4.78, 5) is 9.01. The number of anilines is 1. The third-order valence-corrected chi connectivity index (χ3v) is 6.60. The summed E-state index contributed by atoms with van der Waals surface area (Å²) in [5.41, 5.74) is -1.96. The number of rotatable bonds is 9. The quantitative estimate of drug-likeness (QED) is 0.274. The molecule has 1 saturated carbocycles. The van der Waals surface area contributed by atoms with Crippen LogP contribution in [0.1, 0.15) is 55.6 Å². The SMILES string of the molecule is COCCOc1cc2c(NCc3cccc(C(F)(F)C(C)(C)O)c3F)nc(C)nc2cc1C#CC1CCC1. The number of hydrogen-bond donors (Lipinski definition) is 2. The smallest absolute Gasteiger partial charge is 0.303 e. The normalized spacial score (nSPS) is 14.1. The summed E-state index contributed by atoms with van der Waals surface area (Å²) >= 11 is 0. The molecule has 38 heavy (non-hydrogen) atoms. The molecule has 0 radical (unpaired) electrons. The molecule has 1 heterocycles. The van der Waals surface area contributed by atoms with Crippen molar-refractivity contribution in [3.8, 4) is 17.6 Å². The summed E-state index contributed by atoms with van der Waals surface area (Å²) in [7, 11) is 1.59. The standard InChI is InChI=1S/C29H32F3N3O3/c1-18-34-24-15-20(12-11-19-7-5-8-19)25(38-14-13-37-4)16-22(24)27(35-18)33-17-21-9-6-10-23(26(21)30)29(31,32)28(2,3)36/h6,9-10,15-16,19,36H,5,7-8,13-14,17H2,1-4H3,(H,33,34,35). The second kappa shape index (κ2) is 11.2. The molecule has 0 bridgehead atoms. The van der Waals surface area contributed by atoms with Gasteiger partial charge in [0.15, 0.2) is 0 Å². The molecule has 4 rings (SSSR count). The molecule has 6 nitrogen and oxygen atoms in total. The Morgan fingerprint density at radius 2 is 1.92 bits per heavy atom. The van der Waals surface area contributed by atoms with E-state index in [-0.39, 0.29) is 12.1 Å². The zero-order chi connectivity index (χ0) is 27.5. The lowest BCUT2D eigenvalue weighted by atomic mass is 9.86. The minimum atomic E-state index is -3.78. The molecule has 9 heteroatoms. The van der Waals surface area contributed by atoms with Crippen LogP contribution >= 0.6 is 0 Å². The van der Waals surface area contributed by atoms with Crippen molar-refractivity contribution in [3.05, 3.63) is 58.7 Å². The molecular formula is C29H32F3N3O3. The van der Waals surface area contributed by atoms with Crippen molar-refractivity contribution in [1.29, 1.82) is 0 Å². The lowest BCUT2D eigenvalue weighted by Gasteiger charge is -2.30. The van der Waals surface area contributed by atoms with Crippen LogP contribution in [0.3, 0.4) is 0 Å². The number of methoxy groups -OCH3 is 1. The predicted molar refractivity (Wildman–Crippen MR) is 140 cm³/mol. The fourth-order valence-electron chi connectivity index (χ4n) is 4.06. The number of ether oxygens (including phenoxy) is 2. The van der Waals surface area contributed by atoms with Crippen molar-refractivity contribution >= 4 is 16.7 Å². The van der Waals surface area contributed by atoms with Crippen molar-refractivity contribution in [2.45, 2.75) is 58.1 Å². The Morgan fingerprint density at radius 3 is 2.58 bits per heavy atom. The van der Waals surface area contributed by atoms with Gasteiger partial charge in [0.25, 0.3) is 0 Å². The fourth-order valence-corrected chi connectivity index (χ4v) is 4.06. The topological polar surface area (TPSA) is 76.5 Å². The zero-order valence-corrected chi connectivity index (χ0v) is 22.0. The molecule has 2 N–H and O–H groups in total. The molecule has 0 spiro atoms. The minimum absolute atomic E-state index is 0.00962. The molecule has 1 aliphatic rings. The van der Waals surface area contributed by atoms with Crippen molar-refractivity contribution in [2.75, 3.05) is 25.6 Å². The number of aryl methyl sites for hydroxylation is 1. The maximum absolute atomic E-state index is 15.2. The van der Waals surface area contributed by atoms with Crippen LogP contribution in [0.2, 0.25) is 0 Å². The Hall–Kier alpha value is -3.35. The van der Waals surface area contributed by atoms with Crippen molar-refractivity contribution in [3.63, 3.8) is 0 Å². The lowest BCUT2D eigenvalue weighted by molar-refractivity contribution is -0.170. The van der Waals surface area contributed by atoms with Gasteiger partial charge in [-0.1, -0.05) is 30.4 Å². The van der Waals surface area contributed by atoms with E-state index in [0.717, 1.165) is 32.8 Å². The van der Waals surface area contributed by atoms with Gasteiger partial charge >= 0.3 is 5.92 Å². The summed E-state index contributed by atoms with van der Waals surface area (Å²) in [6, 6.07) is 7.36. The van der Waals surface area contributed by atoms with E-state index in [4.69, 9.17) is 9.47 Å².